The summed E-state index contributed by atoms with van der Waals surface area (Å²) in [5.74, 6) is 0. The minimum atomic E-state index is -2.65. The van der Waals surface area contributed by atoms with E-state index < -0.39 is 8.07 Å². The average molecular weight is 768 g/mol. The van der Waals surface area contributed by atoms with Crippen LogP contribution in [0.1, 0.15) is 5.56 Å². The zero-order chi connectivity index (χ0) is 39.3. The number of hydrogen-bond acceptors (Lipinski definition) is 1. The second-order valence-electron chi connectivity index (χ2n) is 15.2. The summed E-state index contributed by atoms with van der Waals surface area (Å²) >= 11 is 0. The topological polar surface area (TPSA) is 33.6 Å². The third-order valence-electron chi connectivity index (χ3n) is 12.1. The van der Waals surface area contributed by atoms with Crippen molar-refractivity contribution in [2.45, 2.75) is 0 Å². The van der Waals surface area contributed by atoms with Crippen LogP contribution < -0.4 is 20.7 Å². The van der Waals surface area contributed by atoms with Crippen molar-refractivity contribution in [2.75, 3.05) is 0 Å². The van der Waals surface area contributed by atoms with Gasteiger partial charge in [-0.3, -0.25) is 0 Å². The lowest BCUT2D eigenvalue weighted by Crippen LogP contribution is -2.74. The molecule has 0 aliphatic rings. The first-order valence-electron chi connectivity index (χ1n) is 20.1. The number of fused-ring (bicyclic) bond motifs is 6. The van der Waals surface area contributed by atoms with E-state index in [0.717, 1.165) is 33.5 Å². The summed E-state index contributed by atoms with van der Waals surface area (Å²) in [5, 5.41) is 19.8. The first-order chi connectivity index (χ1) is 29.2. The smallest absolute Gasteiger partial charge is 0.179 e. The molecular formula is C55H37N3Si. The van der Waals surface area contributed by atoms with Gasteiger partial charge in [0.05, 0.1) is 33.7 Å². The maximum absolute atomic E-state index is 9.55. The van der Waals surface area contributed by atoms with Crippen molar-refractivity contribution in [1.82, 2.24) is 9.13 Å². The molecule has 0 radical (unpaired) electrons. The zero-order valence-corrected chi connectivity index (χ0v) is 33.2. The molecule has 0 aliphatic carbocycles. The standard InChI is InChI=1S/C55H37N3Si/c56-38-39-27-30-42(31-28-39)58-53-26-13-10-21-48(53)50-24-14-23-47(55(50)58)40-29-36-54-51(37-40)49-22-11-12-25-52(49)57(54)41-32-34-46(35-33-41)59(43-15-4-1-5-16-43,44-17-6-2-7-18-44)45-19-8-3-9-20-45/h1-37H. The molecule has 0 unspecified atom stereocenters. The van der Waals surface area contributed by atoms with Crippen molar-refractivity contribution in [2.24, 2.45) is 0 Å². The third kappa shape index (κ3) is 5.40. The van der Waals surface area contributed by atoms with Crippen LogP contribution in [0.25, 0.3) is 66.1 Å². The van der Waals surface area contributed by atoms with E-state index in [-0.39, 0.29) is 0 Å². The molecule has 59 heavy (non-hydrogen) atoms. The Morgan fingerprint density at radius 2 is 0.814 bits per heavy atom. The molecule has 0 atom stereocenters. The second-order valence-corrected chi connectivity index (χ2v) is 19.0. The van der Waals surface area contributed by atoms with E-state index in [4.69, 9.17) is 0 Å². The van der Waals surface area contributed by atoms with Gasteiger partial charge >= 0.3 is 0 Å². The second kappa shape index (κ2) is 14.0. The van der Waals surface area contributed by atoms with Crippen LogP contribution in [-0.4, -0.2) is 17.2 Å². The summed E-state index contributed by atoms with van der Waals surface area (Å²) in [5.41, 5.74) is 9.76. The SMILES string of the molecule is N#Cc1ccc(-n2c3ccccc3c3cccc(-c4ccc5c(c4)c4ccccc4n5-c4ccc([Si](c5ccccc5)(c5ccccc5)c5ccccc5)cc4)c32)cc1. The molecule has 9 aromatic carbocycles. The fourth-order valence-corrected chi connectivity index (χ4v) is 14.3. The Labute approximate surface area is 343 Å². The first-order valence-corrected chi connectivity index (χ1v) is 22.1. The minimum absolute atomic E-state index is 0.649. The Hall–Kier alpha value is -7.71. The molecule has 11 aromatic rings. The minimum Gasteiger partial charge on any atom is -0.309 e. The van der Waals surface area contributed by atoms with Gasteiger partial charge in [-0.05, 0) is 87.0 Å². The van der Waals surface area contributed by atoms with Crippen molar-refractivity contribution in [3.05, 3.63) is 230 Å². The number of hydrogen-bond donors (Lipinski definition) is 0. The lowest BCUT2D eigenvalue weighted by Gasteiger charge is -2.34. The van der Waals surface area contributed by atoms with E-state index in [0.29, 0.717) is 5.56 Å². The summed E-state index contributed by atoms with van der Waals surface area (Å²) in [7, 11) is -2.65. The van der Waals surface area contributed by atoms with E-state index >= 15 is 0 Å². The van der Waals surface area contributed by atoms with Gasteiger partial charge in [0.25, 0.3) is 0 Å². The van der Waals surface area contributed by atoms with E-state index in [2.05, 4.69) is 228 Å². The summed E-state index contributed by atoms with van der Waals surface area (Å²) < 4.78 is 4.77. The van der Waals surface area contributed by atoms with Gasteiger partial charge in [-0.1, -0.05) is 164 Å². The quantitative estimate of drug-likeness (QED) is 0.117. The molecule has 0 amide bonds. The monoisotopic (exact) mass is 767 g/mol. The molecule has 2 heterocycles. The molecule has 0 bridgehead atoms. The highest BCUT2D eigenvalue weighted by Gasteiger charge is 2.41. The number of benzene rings is 9. The maximum Gasteiger partial charge on any atom is 0.179 e. The van der Waals surface area contributed by atoms with Crippen LogP contribution >= 0.6 is 0 Å². The Morgan fingerprint density at radius 3 is 1.41 bits per heavy atom. The van der Waals surface area contributed by atoms with Crippen molar-refractivity contribution in [1.29, 1.82) is 5.26 Å². The summed E-state index contributed by atoms with van der Waals surface area (Å²) in [6.07, 6.45) is 0. The summed E-state index contributed by atoms with van der Waals surface area (Å²) in [4.78, 5) is 0. The molecule has 2 aromatic heterocycles. The average Bonchev–Trinajstić information content (AvgIpc) is 3.83. The van der Waals surface area contributed by atoms with Crippen molar-refractivity contribution < 1.29 is 0 Å². The van der Waals surface area contributed by atoms with Crippen LogP contribution in [0.15, 0.2) is 224 Å². The van der Waals surface area contributed by atoms with Crippen LogP contribution in [0.5, 0.6) is 0 Å². The predicted molar refractivity (Wildman–Crippen MR) is 249 cm³/mol. The Morgan fingerprint density at radius 1 is 0.356 bits per heavy atom. The number of rotatable bonds is 7. The molecule has 0 saturated carbocycles. The molecule has 11 rings (SSSR count). The van der Waals surface area contributed by atoms with Crippen molar-refractivity contribution in [3.8, 4) is 28.6 Å². The molecule has 0 aliphatic heterocycles. The molecule has 0 spiro atoms. The molecular weight excluding hydrogens is 731 g/mol. The normalized spacial score (nSPS) is 11.7. The Bertz CT molecular complexity index is 3260. The molecule has 276 valence electrons. The largest absolute Gasteiger partial charge is 0.309 e. The van der Waals surface area contributed by atoms with Crippen LogP contribution in [0.3, 0.4) is 0 Å². The van der Waals surface area contributed by atoms with Gasteiger partial charge in [0.2, 0.25) is 0 Å². The number of para-hydroxylation sites is 3. The van der Waals surface area contributed by atoms with Gasteiger partial charge in [-0.2, -0.15) is 5.26 Å². The van der Waals surface area contributed by atoms with E-state index in [1.165, 1.54) is 53.3 Å². The number of nitriles is 1. The Kier molecular flexibility index (Phi) is 8.21. The maximum atomic E-state index is 9.55. The van der Waals surface area contributed by atoms with E-state index in [9.17, 15) is 5.26 Å². The highest BCUT2D eigenvalue weighted by atomic mass is 28.3. The third-order valence-corrected chi connectivity index (χ3v) is 16.9. The molecule has 4 heteroatoms. The fraction of sp³-hybridized carbons (Fsp3) is 0. The zero-order valence-electron chi connectivity index (χ0n) is 32.2. The van der Waals surface area contributed by atoms with Gasteiger partial charge in [0.1, 0.15) is 0 Å². The summed E-state index contributed by atoms with van der Waals surface area (Å²) in [6, 6.07) is 83.8. The van der Waals surface area contributed by atoms with Gasteiger partial charge in [0, 0.05) is 38.5 Å². The highest BCUT2D eigenvalue weighted by molar-refractivity contribution is 7.19. The van der Waals surface area contributed by atoms with Crippen LogP contribution in [-0.2, 0) is 0 Å². The van der Waals surface area contributed by atoms with Crippen molar-refractivity contribution in [3.63, 3.8) is 0 Å². The lowest BCUT2D eigenvalue weighted by molar-refractivity contribution is 1.18. The molecule has 0 fully saturated rings. The van der Waals surface area contributed by atoms with Gasteiger partial charge in [0.15, 0.2) is 8.07 Å². The van der Waals surface area contributed by atoms with Gasteiger partial charge in [-0.15, -0.1) is 0 Å². The molecule has 0 saturated heterocycles. The highest BCUT2D eigenvalue weighted by Crippen LogP contribution is 2.40. The molecule has 0 N–H and O–H groups in total. The number of nitrogens with zero attached hydrogens (tertiary/aromatic N) is 3. The van der Waals surface area contributed by atoms with Gasteiger partial charge < -0.3 is 9.13 Å². The number of aromatic nitrogens is 2. The van der Waals surface area contributed by atoms with Crippen LogP contribution in [0.4, 0.5) is 0 Å². The van der Waals surface area contributed by atoms with E-state index in [1.54, 1.807) is 0 Å². The van der Waals surface area contributed by atoms with Crippen LogP contribution in [0, 0.1) is 11.3 Å². The predicted octanol–water partition coefficient (Wildman–Crippen LogP) is 10.8. The lowest BCUT2D eigenvalue weighted by atomic mass is 10.00. The van der Waals surface area contributed by atoms with Crippen LogP contribution in [0.2, 0.25) is 0 Å². The van der Waals surface area contributed by atoms with Gasteiger partial charge in [-0.25, -0.2) is 0 Å². The molecule has 3 nitrogen and oxygen atoms in total. The fourth-order valence-electron chi connectivity index (χ4n) is 9.55. The first kappa shape index (κ1) is 34.5. The van der Waals surface area contributed by atoms with Crippen molar-refractivity contribution >= 4 is 72.4 Å². The summed E-state index contributed by atoms with van der Waals surface area (Å²) in [6.45, 7) is 0. The van der Waals surface area contributed by atoms with E-state index in [1.807, 2.05) is 12.1 Å². The Balaban J connectivity index is 1.10.